The number of pyridine rings is 1. The number of nitrogens with zero attached hydrogens (tertiary/aromatic N) is 4. The summed E-state index contributed by atoms with van der Waals surface area (Å²) in [7, 11) is 0. The van der Waals surface area contributed by atoms with Crippen LogP contribution in [0.5, 0.6) is 0 Å². The number of hydrogen-bond donors (Lipinski definition) is 1. The first-order valence-electron chi connectivity index (χ1n) is 5.41. The van der Waals surface area contributed by atoms with Gasteiger partial charge in [0.25, 0.3) is 0 Å². The summed E-state index contributed by atoms with van der Waals surface area (Å²) in [6.07, 6.45) is 5.91. The highest BCUT2D eigenvalue weighted by molar-refractivity contribution is 5.92. The standard InChI is InChI=1S/C11H13N5O/c1-2-4-10(17)15-9-5-3-6-13-11(9)16-8-12-7-14-16/h3,5-8H,2,4H2,1H3,(H,15,17). The topological polar surface area (TPSA) is 72.7 Å². The number of rotatable bonds is 4. The number of amides is 1. The Morgan fingerprint density at radius 2 is 2.41 bits per heavy atom. The molecule has 2 heterocycles. The van der Waals surface area contributed by atoms with E-state index in [-0.39, 0.29) is 5.91 Å². The molecule has 0 saturated carbocycles. The minimum atomic E-state index is -0.0261. The molecular weight excluding hydrogens is 218 g/mol. The Kier molecular flexibility index (Phi) is 3.44. The van der Waals surface area contributed by atoms with Crippen molar-refractivity contribution in [1.29, 1.82) is 0 Å². The minimum Gasteiger partial charge on any atom is -0.323 e. The molecule has 2 aromatic heterocycles. The fourth-order valence-corrected chi connectivity index (χ4v) is 1.43. The van der Waals surface area contributed by atoms with Gasteiger partial charge in [0, 0.05) is 12.6 Å². The van der Waals surface area contributed by atoms with Gasteiger partial charge in [-0.25, -0.2) is 14.6 Å². The van der Waals surface area contributed by atoms with Crippen molar-refractivity contribution in [3.05, 3.63) is 31.0 Å². The van der Waals surface area contributed by atoms with E-state index in [9.17, 15) is 4.79 Å². The Morgan fingerprint density at radius 3 is 3.12 bits per heavy atom. The van der Waals surface area contributed by atoms with E-state index < -0.39 is 0 Å². The van der Waals surface area contributed by atoms with Crippen LogP contribution in [0.25, 0.3) is 5.82 Å². The number of carbonyl (C=O) groups is 1. The highest BCUT2D eigenvalue weighted by Crippen LogP contribution is 2.15. The van der Waals surface area contributed by atoms with Gasteiger partial charge in [-0.2, -0.15) is 5.10 Å². The molecule has 0 radical (unpaired) electrons. The first-order valence-corrected chi connectivity index (χ1v) is 5.41. The molecule has 2 aromatic rings. The van der Waals surface area contributed by atoms with Crippen molar-refractivity contribution in [3.8, 4) is 5.82 Å². The molecule has 1 amide bonds. The molecule has 17 heavy (non-hydrogen) atoms. The molecule has 0 aliphatic heterocycles. The minimum absolute atomic E-state index is 0.0261. The molecule has 0 saturated heterocycles. The van der Waals surface area contributed by atoms with Crippen LogP contribution in [0, 0.1) is 0 Å². The molecule has 0 aromatic carbocycles. The third kappa shape index (κ3) is 2.66. The fraction of sp³-hybridized carbons (Fsp3) is 0.273. The largest absolute Gasteiger partial charge is 0.323 e. The average molecular weight is 231 g/mol. The van der Waals surface area contributed by atoms with Gasteiger partial charge >= 0.3 is 0 Å². The molecule has 88 valence electrons. The maximum Gasteiger partial charge on any atom is 0.224 e. The Hall–Kier alpha value is -2.24. The van der Waals surface area contributed by atoms with Crippen molar-refractivity contribution in [2.24, 2.45) is 0 Å². The van der Waals surface area contributed by atoms with Crippen LogP contribution in [0.4, 0.5) is 5.69 Å². The van der Waals surface area contributed by atoms with E-state index in [0.29, 0.717) is 17.9 Å². The number of hydrogen-bond acceptors (Lipinski definition) is 4. The predicted molar refractivity (Wildman–Crippen MR) is 62.7 cm³/mol. The van der Waals surface area contributed by atoms with Crippen molar-refractivity contribution in [2.45, 2.75) is 19.8 Å². The third-order valence-corrected chi connectivity index (χ3v) is 2.17. The molecule has 0 bridgehead atoms. The molecule has 0 atom stereocenters. The van der Waals surface area contributed by atoms with E-state index in [1.807, 2.05) is 6.92 Å². The van der Waals surface area contributed by atoms with Crippen molar-refractivity contribution >= 4 is 11.6 Å². The molecule has 6 nitrogen and oxygen atoms in total. The summed E-state index contributed by atoms with van der Waals surface area (Å²) in [4.78, 5) is 19.6. The quantitative estimate of drug-likeness (QED) is 0.863. The molecule has 1 N–H and O–H groups in total. The Balaban J connectivity index is 2.25. The van der Waals surface area contributed by atoms with E-state index in [0.717, 1.165) is 6.42 Å². The van der Waals surface area contributed by atoms with Crippen LogP contribution < -0.4 is 5.32 Å². The first kappa shape index (κ1) is 11.3. The molecule has 0 spiro atoms. The van der Waals surface area contributed by atoms with E-state index in [1.54, 1.807) is 18.3 Å². The zero-order valence-corrected chi connectivity index (χ0v) is 9.50. The average Bonchev–Trinajstić information content (AvgIpc) is 2.83. The lowest BCUT2D eigenvalue weighted by Crippen LogP contribution is -2.13. The second-order valence-electron chi connectivity index (χ2n) is 3.51. The Bertz CT molecular complexity index is 494. The second-order valence-corrected chi connectivity index (χ2v) is 3.51. The summed E-state index contributed by atoms with van der Waals surface area (Å²) in [5.41, 5.74) is 0.636. The second kappa shape index (κ2) is 5.20. The lowest BCUT2D eigenvalue weighted by atomic mass is 10.3. The van der Waals surface area contributed by atoms with E-state index >= 15 is 0 Å². The normalized spacial score (nSPS) is 10.2. The van der Waals surface area contributed by atoms with Crippen molar-refractivity contribution in [3.63, 3.8) is 0 Å². The summed E-state index contributed by atoms with van der Waals surface area (Å²) >= 11 is 0. The van der Waals surface area contributed by atoms with Crippen LogP contribution in [0.3, 0.4) is 0 Å². The van der Waals surface area contributed by atoms with Crippen LogP contribution in [0.15, 0.2) is 31.0 Å². The number of nitrogens with one attached hydrogen (secondary N) is 1. The van der Waals surface area contributed by atoms with Gasteiger partial charge in [-0.15, -0.1) is 0 Å². The Morgan fingerprint density at radius 1 is 1.53 bits per heavy atom. The number of aromatic nitrogens is 4. The van der Waals surface area contributed by atoms with Gasteiger partial charge < -0.3 is 5.32 Å². The number of carbonyl (C=O) groups excluding carboxylic acids is 1. The summed E-state index contributed by atoms with van der Waals surface area (Å²) in [5.74, 6) is 0.538. The molecule has 0 fully saturated rings. The highest BCUT2D eigenvalue weighted by Gasteiger charge is 2.08. The fourth-order valence-electron chi connectivity index (χ4n) is 1.43. The van der Waals surface area contributed by atoms with Gasteiger partial charge in [0.15, 0.2) is 5.82 Å². The molecule has 6 heteroatoms. The molecule has 0 aliphatic carbocycles. The third-order valence-electron chi connectivity index (χ3n) is 2.17. The SMILES string of the molecule is CCCC(=O)Nc1cccnc1-n1cncn1. The number of anilines is 1. The van der Waals surface area contributed by atoms with Crippen LogP contribution in [0.2, 0.25) is 0 Å². The van der Waals surface area contributed by atoms with Gasteiger partial charge in [0.2, 0.25) is 5.91 Å². The summed E-state index contributed by atoms with van der Waals surface area (Å²) in [5, 5.41) is 6.80. The van der Waals surface area contributed by atoms with Crippen LogP contribution >= 0.6 is 0 Å². The lowest BCUT2D eigenvalue weighted by molar-refractivity contribution is -0.116. The lowest BCUT2D eigenvalue weighted by Gasteiger charge is -2.08. The summed E-state index contributed by atoms with van der Waals surface area (Å²) in [6.45, 7) is 1.96. The zero-order chi connectivity index (χ0) is 12.1. The zero-order valence-electron chi connectivity index (χ0n) is 9.50. The predicted octanol–water partition coefficient (Wildman–Crippen LogP) is 1.40. The maximum absolute atomic E-state index is 11.6. The van der Waals surface area contributed by atoms with E-state index in [1.165, 1.54) is 17.3 Å². The van der Waals surface area contributed by atoms with Gasteiger partial charge in [-0.05, 0) is 18.6 Å². The Labute approximate surface area is 98.7 Å². The first-order chi connectivity index (χ1) is 8.31. The van der Waals surface area contributed by atoms with Crippen LogP contribution in [-0.2, 0) is 4.79 Å². The monoisotopic (exact) mass is 231 g/mol. The van der Waals surface area contributed by atoms with Gasteiger partial charge in [0.1, 0.15) is 12.7 Å². The molecule has 0 aliphatic rings. The van der Waals surface area contributed by atoms with Crippen molar-refractivity contribution in [1.82, 2.24) is 19.7 Å². The highest BCUT2D eigenvalue weighted by atomic mass is 16.1. The van der Waals surface area contributed by atoms with E-state index in [2.05, 4.69) is 20.4 Å². The van der Waals surface area contributed by atoms with Gasteiger partial charge in [-0.3, -0.25) is 4.79 Å². The van der Waals surface area contributed by atoms with E-state index in [4.69, 9.17) is 0 Å². The molecular formula is C11H13N5O. The maximum atomic E-state index is 11.6. The molecule has 2 rings (SSSR count). The van der Waals surface area contributed by atoms with Crippen LogP contribution in [-0.4, -0.2) is 25.7 Å². The summed E-state index contributed by atoms with van der Waals surface area (Å²) < 4.78 is 1.52. The summed E-state index contributed by atoms with van der Waals surface area (Å²) in [6, 6.07) is 3.56. The smallest absolute Gasteiger partial charge is 0.224 e. The van der Waals surface area contributed by atoms with Gasteiger partial charge in [0.05, 0.1) is 5.69 Å². The van der Waals surface area contributed by atoms with Crippen LogP contribution in [0.1, 0.15) is 19.8 Å². The van der Waals surface area contributed by atoms with Crippen molar-refractivity contribution < 1.29 is 4.79 Å². The van der Waals surface area contributed by atoms with Gasteiger partial charge in [-0.1, -0.05) is 6.92 Å². The molecule has 0 unspecified atom stereocenters. The van der Waals surface area contributed by atoms with Crippen molar-refractivity contribution in [2.75, 3.05) is 5.32 Å².